The summed E-state index contributed by atoms with van der Waals surface area (Å²) < 4.78 is 50.7. The second-order valence-electron chi connectivity index (χ2n) is 10.4. The van der Waals surface area contributed by atoms with Crippen LogP contribution in [0.25, 0.3) is 0 Å². The van der Waals surface area contributed by atoms with Crippen LogP contribution in [0.3, 0.4) is 0 Å². The fraction of sp³-hybridized carbons (Fsp3) is 0.567. The van der Waals surface area contributed by atoms with Gasteiger partial charge in [0.05, 0.1) is 5.60 Å². The van der Waals surface area contributed by atoms with Gasteiger partial charge in [-0.2, -0.15) is 13.2 Å². The predicted molar refractivity (Wildman–Crippen MR) is 145 cm³/mol. The van der Waals surface area contributed by atoms with Crippen molar-refractivity contribution in [3.05, 3.63) is 60.2 Å². The number of carbonyl (C=O) groups excluding carboxylic acids is 1. The van der Waals surface area contributed by atoms with E-state index in [0.29, 0.717) is 55.9 Å². The lowest BCUT2D eigenvalue weighted by Gasteiger charge is -2.43. The molecule has 9 heteroatoms. The van der Waals surface area contributed by atoms with Crippen molar-refractivity contribution in [3.8, 4) is 11.5 Å². The Bertz CT molecular complexity index is 1020. The number of ether oxygens (including phenoxy) is 2. The van der Waals surface area contributed by atoms with Crippen molar-refractivity contribution in [2.24, 2.45) is 11.8 Å². The Morgan fingerprint density at radius 3 is 2.54 bits per heavy atom. The Balaban J connectivity index is 1.84. The van der Waals surface area contributed by atoms with Crippen LogP contribution in [0.1, 0.15) is 50.5 Å². The summed E-state index contributed by atoms with van der Waals surface area (Å²) in [7, 11) is 3.23. The van der Waals surface area contributed by atoms with E-state index in [9.17, 15) is 23.1 Å². The molecule has 1 fully saturated rings. The third-order valence-corrected chi connectivity index (χ3v) is 7.41. The first-order chi connectivity index (χ1) is 18.7. The van der Waals surface area contributed by atoms with E-state index in [2.05, 4.69) is 5.32 Å². The zero-order valence-corrected chi connectivity index (χ0v) is 22.9. The van der Waals surface area contributed by atoms with Crippen molar-refractivity contribution in [3.63, 3.8) is 0 Å². The van der Waals surface area contributed by atoms with Crippen LogP contribution in [0.5, 0.6) is 11.5 Å². The summed E-state index contributed by atoms with van der Waals surface area (Å²) in [5, 5.41) is 15.1. The molecule has 1 aliphatic rings. The van der Waals surface area contributed by atoms with Gasteiger partial charge in [-0.1, -0.05) is 36.4 Å². The molecule has 0 aliphatic carbocycles. The molecule has 0 radical (unpaired) electrons. The molecule has 1 amide bonds. The van der Waals surface area contributed by atoms with E-state index in [1.54, 1.807) is 19.1 Å². The fourth-order valence-corrected chi connectivity index (χ4v) is 5.53. The highest BCUT2D eigenvalue weighted by atomic mass is 19.4. The van der Waals surface area contributed by atoms with Gasteiger partial charge in [-0.05, 0) is 69.8 Å². The minimum Gasteiger partial charge on any atom is -0.457 e. The number of halogens is 3. The zero-order valence-electron chi connectivity index (χ0n) is 22.9. The molecule has 1 saturated heterocycles. The number of para-hydroxylation sites is 2. The molecule has 1 aliphatic heterocycles. The van der Waals surface area contributed by atoms with Gasteiger partial charge < -0.3 is 24.8 Å². The highest BCUT2D eigenvalue weighted by Crippen LogP contribution is 2.44. The summed E-state index contributed by atoms with van der Waals surface area (Å²) in [6.07, 6.45) is -2.28. The first-order valence-corrected chi connectivity index (χ1v) is 13.7. The average molecular weight is 551 g/mol. The molecule has 3 rings (SSSR count). The van der Waals surface area contributed by atoms with Crippen molar-refractivity contribution in [2.75, 3.05) is 40.4 Å². The number of rotatable bonds is 14. The van der Waals surface area contributed by atoms with Crippen LogP contribution >= 0.6 is 0 Å². The van der Waals surface area contributed by atoms with E-state index in [4.69, 9.17) is 9.47 Å². The molecule has 6 nitrogen and oxygen atoms in total. The van der Waals surface area contributed by atoms with E-state index in [1.165, 1.54) is 0 Å². The monoisotopic (exact) mass is 550 g/mol. The molecule has 0 saturated carbocycles. The minimum absolute atomic E-state index is 0.107. The van der Waals surface area contributed by atoms with E-state index in [-0.39, 0.29) is 31.3 Å². The first kappa shape index (κ1) is 30.9. The lowest BCUT2D eigenvalue weighted by atomic mass is 9.73. The standard InChI is InChI=1S/C30H41F3N2O4/c1-34-21-23(20-30(31,32)33)19-28(36)35-17-10-11-24(22-35)29(37,16-8-9-18-38-2)26-14-6-7-15-27(26)39-25-12-4-3-5-13-25/h3-7,12-15,23-24,34,37H,8-11,16-22H2,1-2H3/t23-,24+,29-/m0/s1. The number of piperidine rings is 1. The van der Waals surface area contributed by atoms with Crippen LogP contribution in [0.4, 0.5) is 13.2 Å². The number of carbonyl (C=O) groups is 1. The molecule has 0 bridgehead atoms. The molecule has 0 spiro atoms. The molecule has 0 unspecified atom stereocenters. The summed E-state index contributed by atoms with van der Waals surface area (Å²) in [4.78, 5) is 14.8. The summed E-state index contributed by atoms with van der Waals surface area (Å²) in [6, 6.07) is 16.7. The van der Waals surface area contributed by atoms with Crippen molar-refractivity contribution < 1.29 is 32.5 Å². The normalized spacial score (nSPS) is 18.4. The lowest BCUT2D eigenvalue weighted by Crippen LogP contribution is -2.48. The Morgan fingerprint density at radius 2 is 1.85 bits per heavy atom. The molecule has 39 heavy (non-hydrogen) atoms. The maximum atomic E-state index is 13.2. The van der Waals surface area contributed by atoms with E-state index in [1.807, 2.05) is 54.6 Å². The number of nitrogens with zero attached hydrogens (tertiary/aromatic N) is 1. The smallest absolute Gasteiger partial charge is 0.389 e. The molecular weight excluding hydrogens is 509 g/mol. The molecule has 216 valence electrons. The fourth-order valence-electron chi connectivity index (χ4n) is 5.53. The van der Waals surface area contributed by atoms with Crippen LogP contribution in [0.15, 0.2) is 54.6 Å². The number of methoxy groups -OCH3 is 1. The number of hydrogen-bond acceptors (Lipinski definition) is 5. The third-order valence-electron chi connectivity index (χ3n) is 7.41. The molecule has 2 aromatic carbocycles. The van der Waals surface area contributed by atoms with Gasteiger partial charge in [0.1, 0.15) is 11.5 Å². The topological polar surface area (TPSA) is 71.0 Å². The molecule has 3 atom stereocenters. The Kier molecular flexibility index (Phi) is 11.6. The molecular formula is C30H41F3N2O4. The van der Waals surface area contributed by atoms with Crippen molar-refractivity contribution in [1.82, 2.24) is 10.2 Å². The van der Waals surface area contributed by atoms with Gasteiger partial charge in [0.25, 0.3) is 0 Å². The highest BCUT2D eigenvalue weighted by molar-refractivity contribution is 5.76. The van der Waals surface area contributed by atoms with E-state index >= 15 is 0 Å². The largest absolute Gasteiger partial charge is 0.457 e. The van der Waals surface area contributed by atoms with Gasteiger partial charge in [-0.3, -0.25) is 4.79 Å². The quantitative estimate of drug-likeness (QED) is 0.287. The average Bonchev–Trinajstić information content (AvgIpc) is 2.91. The number of likely N-dealkylation sites (tertiary alicyclic amines) is 1. The Morgan fingerprint density at radius 1 is 1.13 bits per heavy atom. The van der Waals surface area contributed by atoms with Gasteiger partial charge >= 0.3 is 6.18 Å². The number of amides is 1. The van der Waals surface area contributed by atoms with Gasteiger partial charge in [0.2, 0.25) is 5.91 Å². The van der Waals surface area contributed by atoms with E-state index < -0.39 is 24.1 Å². The number of nitrogens with one attached hydrogen (secondary N) is 1. The Hall–Kier alpha value is -2.62. The first-order valence-electron chi connectivity index (χ1n) is 13.7. The maximum absolute atomic E-state index is 13.2. The number of unbranched alkanes of at least 4 members (excludes halogenated alkanes) is 1. The third kappa shape index (κ3) is 9.22. The van der Waals surface area contributed by atoms with Crippen molar-refractivity contribution in [2.45, 2.75) is 56.7 Å². The molecule has 1 heterocycles. The van der Waals surface area contributed by atoms with Gasteiger partial charge in [0.15, 0.2) is 0 Å². The summed E-state index contributed by atoms with van der Waals surface area (Å²) in [5.41, 5.74) is -0.648. The second kappa shape index (κ2) is 14.7. The number of hydrogen-bond donors (Lipinski definition) is 2. The van der Waals surface area contributed by atoms with Crippen LogP contribution in [-0.4, -0.2) is 62.5 Å². The minimum atomic E-state index is -4.34. The predicted octanol–water partition coefficient (Wildman–Crippen LogP) is 5.90. The summed E-state index contributed by atoms with van der Waals surface area (Å²) >= 11 is 0. The molecule has 2 aromatic rings. The van der Waals surface area contributed by atoms with E-state index in [0.717, 1.165) is 6.42 Å². The second-order valence-corrected chi connectivity index (χ2v) is 10.4. The van der Waals surface area contributed by atoms with Gasteiger partial charge in [-0.25, -0.2) is 0 Å². The van der Waals surface area contributed by atoms with Crippen LogP contribution in [0, 0.1) is 11.8 Å². The van der Waals surface area contributed by atoms with Crippen LogP contribution < -0.4 is 10.1 Å². The maximum Gasteiger partial charge on any atom is 0.389 e. The summed E-state index contributed by atoms with van der Waals surface area (Å²) in [6.45, 7) is 1.42. The van der Waals surface area contributed by atoms with Crippen molar-refractivity contribution >= 4 is 5.91 Å². The lowest BCUT2D eigenvalue weighted by molar-refractivity contribution is -0.150. The number of aliphatic hydroxyl groups is 1. The number of benzene rings is 2. The SMILES string of the molecule is CNC[C@@H](CC(=O)N1CCC[C@@H]([C@@](O)(CCCCOC)c2ccccc2Oc2ccccc2)C1)CC(F)(F)F. The Labute approximate surface area is 229 Å². The van der Waals surface area contributed by atoms with Gasteiger partial charge in [0, 0.05) is 51.1 Å². The zero-order chi connectivity index (χ0) is 28.3. The van der Waals surface area contributed by atoms with Crippen LogP contribution in [0.2, 0.25) is 0 Å². The van der Waals surface area contributed by atoms with Gasteiger partial charge in [-0.15, -0.1) is 0 Å². The van der Waals surface area contributed by atoms with Crippen molar-refractivity contribution in [1.29, 1.82) is 0 Å². The van der Waals surface area contributed by atoms with Crippen LogP contribution in [-0.2, 0) is 15.1 Å². The highest BCUT2D eigenvalue weighted by Gasteiger charge is 2.43. The molecule has 0 aromatic heterocycles. The summed E-state index contributed by atoms with van der Waals surface area (Å²) in [5.74, 6) is -0.257. The molecule has 2 N–H and O–H groups in total. The number of alkyl halides is 3.